The normalized spacial score (nSPS) is 11.8. The van der Waals surface area contributed by atoms with Crippen LogP contribution < -0.4 is 9.57 Å². The second kappa shape index (κ2) is 4.49. The highest BCUT2D eigenvalue weighted by Gasteiger charge is 2.20. The van der Waals surface area contributed by atoms with Crippen LogP contribution in [0.25, 0.3) is 11.2 Å². The highest BCUT2D eigenvalue weighted by molar-refractivity contribution is 8.00. The molecule has 0 amide bonds. The van der Waals surface area contributed by atoms with Gasteiger partial charge in [-0.1, -0.05) is 32.5 Å². The lowest BCUT2D eigenvalue weighted by molar-refractivity contribution is -0.866. The van der Waals surface area contributed by atoms with Gasteiger partial charge in [0.2, 0.25) is 5.65 Å². The van der Waals surface area contributed by atoms with E-state index in [1.165, 1.54) is 0 Å². The number of thioether (sulfide) groups is 1. The number of nitrogens with zero attached hydrogens (tertiary/aromatic N) is 3. The van der Waals surface area contributed by atoms with Crippen molar-refractivity contribution in [3.63, 3.8) is 0 Å². The summed E-state index contributed by atoms with van der Waals surface area (Å²) in [5, 5.41) is 0.908. The average molecular weight is 250 g/mol. The molecule has 0 aromatic carbocycles. The van der Waals surface area contributed by atoms with Crippen molar-refractivity contribution in [3.8, 4) is 0 Å². The van der Waals surface area contributed by atoms with E-state index in [0.717, 1.165) is 10.5 Å². The molecule has 2 heterocycles. The van der Waals surface area contributed by atoms with Crippen LogP contribution in [0.2, 0.25) is 0 Å². The Labute approximate surface area is 105 Å². The molecule has 2 rings (SSSR count). The molecule has 0 fully saturated rings. The van der Waals surface area contributed by atoms with Gasteiger partial charge in [0.1, 0.15) is 7.11 Å². The Morgan fingerprint density at radius 3 is 2.76 bits per heavy atom. The van der Waals surface area contributed by atoms with Crippen molar-refractivity contribution in [3.05, 3.63) is 24.5 Å². The van der Waals surface area contributed by atoms with Gasteiger partial charge in [-0.15, -0.1) is 0 Å². The molecule has 2 aromatic rings. The molecule has 0 aliphatic heterocycles. The second-order valence-electron chi connectivity index (χ2n) is 4.65. The van der Waals surface area contributed by atoms with Crippen molar-refractivity contribution in [2.24, 2.45) is 0 Å². The Bertz CT molecular complexity index is 537. The van der Waals surface area contributed by atoms with Crippen molar-refractivity contribution in [2.75, 3.05) is 7.11 Å². The molecule has 0 aliphatic rings. The summed E-state index contributed by atoms with van der Waals surface area (Å²) in [6.45, 7) is 6.46. The zero-order chi connectivity index (χ0) is 12.5. The fraction of sp³-hybridized carbons (Fsp3) is 0.417. The summed E-state index contributed by atoms with van der Waals surface area (Å²) in [7, 11) is 1.64. The van der Waals surface area contributed by atoms with Gasteiger partial charge in [-0.2, -0.15) is 0 Å². The Morgan fingerprint density at radius 2 is 2.12 bits per heavy atom. The molecule has 0 unspecified atom stereocenters. The summed E-state index contributed by atoms with van der Waals surface area (Å²) in [6, 6.07) is 3.81. The van der Waals surface area contributed by atoms with Crippen LogP contribution in [-0.4, -0.2) is 21.8 Å². The van der Waals surface area contributed by atoms with Crippen LogP contribution in [0, 0.1) is 0 Å². The van der Waals surface area contributed by atoms with Crippen LogP contribution >= 0.6 is 11.8 Å². The van der Waals surface area contributed by atoms with Gasteiger partial charge in [-0.3, -0.25) is 4.84 Å². The summed E-state index contributed by atoms with van der Waals surface area (Å²) in [6.07, 6.45) is 3.63. The van der Waals surface area contributed by atoms with Gasteiger partial charge in [-0.25, -0.2) is 9.97 Å². The molecule has 0 aliphatic carbocycles. The Balaban J connectivity index is 2.53. The first-order chi connectivity index (χ1) is 7.99. The van der Waals surface area contributed by atoms with Crippen LogP contribution in [0.15, 0.2) is 29.6 Å². The lowest BCUT2D eigenvalue weighted by atomic mass is 10.3. The average Bonchev–Trinajstić information content (AvgIpc) is 2.25. The minimum Gasteiger partial charge on any atom is -0.274 e. The molecule has 4 nitrogen and oxygen atoms in total. The zero-order valence-corrected chi connectivity index (χ0v) is 11.3. The van der Waals surface area contributed by atoms with Gasteiger partial charge in [0.15, 0.2) is 5.03 Å². The molecule has 0 saturated carbocycles. The molecule has 90 valence electrons. The standard InChI is InChI=1S/C12H16N3OS/c1-12(2,3)17-10-8-15(16-4)9-6-5-7-13-11(9)14-10/h5-8H,1-4H3/q+1. The zero-order valence-electron chi connectivity index (χ0n) is 10.5. The fourth-order valence-electron chi connectivity index (χ4n) is 1.46. The molecule has 0 radical (unpaired) electrons. The van der Waals surface area contributed by atoms with Gasteiger partial charge < -0.3 is 0 Å². The topological polar surface area (TPSA) is 38.9 Å². The number of hydrogen-bond acceptors (Lipinski definition) is 4. The monoisotopic (exact) mass is 250 g/mol. The quantitative estimate of drug-likeness (QED) is 0.602. The molecule has 17 heavy (non-hydrogen) atoms. The third-order valence-electron chi connectivity index (χ3n) is 2.05. The highest BCUT2D eigenvalue weighted by atomic mass is 32.2. The second-order valence-corrected chi connectivity index (χ2v) is 6.50. The van der Waals surface area contributed by atoms with Gasteiger partial charge in [0.05, 0.1) is 0 Å². The molecule has 0 saturated heterocycles. The van der Waals surface area contributed by atoms with E-state index in [0.29, 0.717) is 5.65 Å². The summed E-state index contributed by atoms with van der Waals surface area (Å²) < 4.78 is 1.81. The number of fused-ring (bicyclic) bond motifs is 1. The van der Waals surface area contributed by atoms with Crippen LogP contribution in [0.4, 0.5) is 0 Å². The predicted octanol–water partition coefficient (Wildman–Crippen LogP) is 1.87. The van der Waals surface area contributed by atoms with Crippen molar-refractivity contribution in [1.29, 1.82) is 0 Å². The van der Waals surface area contributed by atoms with Crippen molar-refractivity contribution in [2.45, 2.75) is 30.5 Å². The van der Waals surface area contributed by atoms with E-state index in [9.17, 15) is 0 Å². The van der Waals surface area contributed by atoms with E-state index in [1.54, 1.807) is 29.8 Å². The third-order valence-corrected chi connectivity index (χ3v) is 3.07. The molecule has 2 aromatic heterocycles. The molecule has 0 spiro atoms. The molecular weight excluding hydrogens is 234 g/mol. The van der Waals surface area contributed by atoms with Crippen molar-refractivity contribution in [1.82, 2.24) is 9.97 Å². The Kier molecular flexibility index (Phi) is 3.19. The SMILES string of the molecule is CO[n+]1cc(SC(C)(C)C)nc2ncccc21. The minimum absolute atomic E-state index is 0.112. The van der Waals surface area contributed by atoms with E-state index < -0.39 is 0 Å². The first-order valence-electron chi connectivity index (χ1n) is 5.40. The third kappa shape index (κ3) is 2.85. The maximum Gasteiger partial charge on any atom is 0.301 e. The maximum absolute atomic E-state index is 5.31. The summed E-state index contributed by atoms with van der Waals surface area (Å²) in [5.74, 6) is 0. The van der Waals surface area contributed by atoms with Gasteiger partial charge in [-0.05, 0) is 6.07 Å². The number of rotatable bonds is 2. The van der Waals surface area contributed by atoms with Gasteiger partial charge in [0.25, 0.3) is 6.20 Å². The summed E-state index contributed by atoms with van der Waals surface area (Å²) in [4.78, 5) is 14.1. The molecule has 5 heteroatoms. The number of aromatic nitrogens is 3. The minimum atomic E-state index is 0.112. The fourth-order valence-corrected chi connectivity index (χ4v) is 2.37. The summed E-state index contributed by atoms with van der Waals surface area (Å²) in [5.41, 5.74) is 1.57. The first kappa shape index (κ1) is 12.1. The smallest absolute Gasteiger partial charge is 0.274 e. The molecule has 0 atom stereocenters. The van der Waals surface area contributed by atoms with Crippen molar-refractivity contribution >= 4 is 22.9 Å². The molecule has 0 bridgehead atoms. The van der Waals surface area contributed by atoms with E-state index in [4.69, 9.17) is 4.84 Å². The largest absolute Gasteiger partial charge is 0.301 e. The number of hydrogen-bond donors (Lipinski definition) is 0. The van der Waals surface area contributed by atoms with Crippen LogP contribution in [0.3, 0.4) is 0 Å². The first-order valence-corrected chi connectivity index (χ1v) is 6.22. The van der Waals surface area contributed by atoms with Gasteiger partial charge >= 0.3 is 5.52 Å². The van der Waals surface area contributed by atoms with Crippen molar-refractivity contribution < 1.29 is 9.57 Å². The van der Waals surface area contributed by atoms with E-state index in [-0.39, 0.29) is 4.75 Å². The number of pyridine rings is 1. The van der Waals surface area contributed by atoms with E-state index in [2.05, 4.69) is 30.7 Å². The van der Waals surface area contributed by atoms with E-state index >= 15 is 0 Å². The lowest BCUT2D eigenvalue weighted by Gasteiger charge is -2.15. The maximum atomic E-state index is 5.31. The lowest BCUT2D eigenvalue weighted by Crippen LogP contribution is -2.41. The van der Waals surface area contributed by atoms with Gasteiger partial charge in [0, 0.05) is 21.7 Å². The highest BCUT2D eigenvalue weighted by Crippen LogP contribution is 2.29. The van der Waals surface area contributed by atoms with Crippen LogP contribution in [0.5, 0.6) is 0 Å². The Morgan fingerprint density at radius 1 is 1.35 bits per heavy atom. The molecule has 0 N–H and O–H groups in total. The van der Waals surface area contributed by atoms with E-state index in [1.807, 2.05) is 18.3 Å². The van der Waals surface area contributed by atoms with Crippen LogP contribution in [-0.2, 0) is 0 Å². The van der Waals surface area contributed by atoms with Crippen LogP contribution in [0.1, 0.15) is 20.8 Å². The Hall–Kier alpha value is -1.36. The summed E-state index contributed by atoms with van der Waals surface area (Å²) >= 11 is 1.69. The predicted molar refractivity (Wildman–Crippen MR) is 67.8 cm³/mol. The molecular formula is C12H16N3OS+.